The molecule has 0 radical (unpaired) electrons. The molecule has 0 amide bonds. The molecule has 0 aliphatic heterocycles. The van der Waals surface area contributed by atoms with Crippen LogP contribution < -0.4 is 0 Å². The van der Waals surface area contributed by atoms with E-state index in [0.717, 1.165) is 0 Å². The fraction of sp³-hybridized carbons (Fsp3) is 0.333. The van der Waals surface area contributed by atoms with Crippen LogP contribution in [-0.2, 0) is 0 Å². The quantitative estimate of drug-likeness (QED) is 0.509. The van der Waals surface area contributed by atoms with Crippen LogP contribution in [0.5, 0.6) is 0 Å². The van der Waals surface area contributed by atoms with Crippen molar-refractivity contribution in [3.8, 4) is 0 Å². The fourth-order valence-electron chi connectivity index (χ4n) is 1.17. The van der Waals surface area contributed by atoms with Gasteiger partial charge in [0.15, 0.2) is 0 Å². The zero-order valence-electron chi connectivity index (χ0n) is 8.09. The summed E-state index contributed by atoms with van der Waals surface area (Å²) in [6.07, 6.45) is -2.27. The Hall–Kier alpha value is -0.780. The molecule has 2 atom stereocenters. The average molecular weight is 307 g/mol. The van der Waals surface area contributed by atoms with Gasteiger partial charge in [-0.3, -0.25) is 0 Å². The zero-order valence-corrected chi connectivity index (χ0v) is 10.4. The summed E-state index contributed by atoms with van der Waals surface area (Å²) < 4.78 is 0.590. The molecule has 1 rings (SSSR count). The van der Waals surface area contributed by atoms with E-state index < -0.39 is 12.2 Å². The minimum Gasteiger partial charge on any atom is -0.390 e. The van der Waals surface area contributed by atoms with Gasteiger partial charge < -0.3 is 10.2 Å². The maximum absolute atomic E-state index is 9.78. The third-order valence-electron chi connectivity index (χ3n) is 1.98. The zero-order chi connectivity index (χ0) is 12.1. The first-order valence-electron chi connectivity index (χ1n) is 4.38. The van der Waals surface area contributed by atoms with Gasteiger partial charge in [0.2, 0.25) is 0 Å². The topological polar surface area (TPSA) is 89.2 Å². The number of halogens is 2. The third-order valence-corrected chi connectivity index (χ3v) is 2.90. The lowest BCUT2D eigenvalue weighted by atomic mass is 10.0. The molecule has 0 saturated heterocycles. The molecule has 0 aromatic heterocycles. The average Bonchev–Trinajstić information content (AvgIpc) is 2.25. The standard InChI is InChI=1S/C9H9BrClN3O2/c10-7-3-5(11)1-2-6(7)9(16)8(15)4-13-14-12/h1-3,8-9,15-16H,4H2. The Labute approximate surface area is 105 Å². The van der Waals surface area contributed by atoms with Gasteiger partial charge in [-0.2, -0.15) is 0 Å². The maximum Gasteiger partial charge on any atom is 0.106 e. The Kier molecular flexibility index (Phi) is 5.05. The number of hydrogen-bond acceptors (Lipinski definition) is 3. The molecule has 7 heteroatoms. The van der Waals surface area contributed by atoms with Crippen LogP contribution in [0.4, 0.5) is 0 Å². The molecular weight excluding hydrogens is 297 g/mol. The van der Waals surface area contributed by atoms with Crippen LogP contribution in [0.25, 0.3) is 10.4 Å². The van der Waals surface area contributed by atoms with Crippen LogP contribution in [0.1, 0.15) is 11.7 Å². The first-order valence-corrected chi connectivity index (χ1v) is 5.55. The van der Waals surface area contributed by atoms with Crippen LogP contribution >= 0.6 is 27.5 Å². The Bertz CT molecular complexity index is 423. The summed E-state index contributed by atoms with van der Waals surface area (Å²) >= 11 is 8.97. The van der Waals surface area contributed by atoms with Crippen molar-refractivity contribution in [3.63, 3.8) is 0 Å². The van der Waals surface area contributed by atoms with E-state index in [-0.39, 0.29) is 6.54 Å². The largest absolute Gasteiger partial charge is 0.390 e. The lowest BCUT2D eigenvalue weighted by Gasteiger charge is -2.17. The number of azide groups is 1. The normalized spacial score (nSPS) is 14.0. The number of hydrogen-bond donors (Lipinski definition) is 2. The molecule has 0 saturated carbocycles. The van der Waals surface area contributed by atoms with Gasteiger partial charge in [0.25, 0.3) is 0 Å². The fourth-order valence-corrected chi connectivity index (χ4v) is 2.09. The molecule has 1 aromatic carbocycles. The summed E-state index contributed by atoms with van der Waals surface area (Å²) in [7, 11) is 0. The first kappa shape index (κ1) is 13.3. The molecule has 0 heterocycles. The van der Waals surface area contributed by atoms with Gasteiger partial charge >= 0.3 is 0 Å². The molecular formula is C9H9BrClN3O2. The van der Waals surface area contributed by atoms with Gasteiger partial charge in [-0.1, -0.05) is 38.7 Å². The first-order chi connectivity index (χ1) is 7.56. The van der Waals surface area contributed by atoms with Gasteiger partial charge in [-0.25, -0.2) is 0 Å². The second kappa shape index (κ2) is 6.08. The van der Waals surface area contributed by atoms with Crippen molar-refractivity contribution in [3.05, 3.63) is 43.7 Å². The molecule has 2 unspecified atom stereocenters. The highest BCUT2D eigenvalue weighted by Crippen LogP contribution is 2.28. The third kappa shape index (κ3) is 3.37. The summed E-state index contributed by atoms with van der Waals surface area (Å²) in [5, 5.41) is 23.0. The summed E-state index contributed by atoms with van der Waals surface area (Å²) in [5.74, 6) is 0. The summed E-state index contributed by atoms with van der Waals surface area (Å²) in [5.41, 5.74) is 8.59. The molecule has 16 heavy (non-hydrogen) atoms. The van der Waals surface area contributed by atoms with Crippen LogP contribution in [-0.4, -0.2) is 22.9 Å². The van der Waals surface area contributed by atoms with Gasteiger partial charge in [0.05, 0.1) is 12.6 Å². The lowest BCUT2D eigenvalue weighted by molar-refractivity contribution is 0.0240. The number of rotatable bonds is 4. The molecule has 86 valence electrons. The van der Waals surface area contributed by atoms with Crippen LogP contribution in [0, 0.1) is 0 Å². The van der Waals surface area contributed by atoms with E-state index in [1.165, 1.54) is 0 Å². The number of nitrogens with zero attached hydrogens (tertiary/aromatic N) is 3. The predicted octanol–water partition coefficient (Wildman–Crippen LogP) is 2.81. The van der Waals surface area contributed by atoms with E-state index in [1.54, 1.807) is 18.2 Å². The van der Waals surface area contributed by atoms with E-state index in [0.29, 0.717) is 15.1 Å². The molecule has 5 nitrogen and oxygen atoms in total. The van der Waals surface area contributed by atoms with Gasteiger partial charge in [0.1, 0.15) is 6.10 Å². The van der Waals surface area contributed by atoms with Gasteiger partial charge in [-0.05, 0) is 23.2 Å². The highest BCUT2D eigenvalue weighted by Gasteiger charge is 2.19. The lowest BCUT2D eigenvalue weighted by Crippen LogP contribution is -2.21. The van der Waals surface area contributed by atoms with Crippen molar-refractivity contribution < 1.29 is 10.2 Å². The Balaban J connectivity index is 2.86. The van der Waals surface area contributed by atoms with E-state index in [4.69, 9.17) is 17.1 Å². The van der Waals surface area contributed by atoms with Crippen LogP contribution in [0.2, 0.25) is 5.02 Å². The van der Waals surface area contributed by atoms with Crippen molar-refractivity contribution in [2.24, 2.45) is 5.11 Å². The van der Waals surface area contributed by atoms with Crippen molar-refractivity contribution in [1.82, 2.24) is 0 Å². The molecule has 0 bridgehead atoms. The van der Waals surface area contributed by atoms with Gasteiger partial charge in [0, 0.05) is 14.4 Å². The molecule has 0 aliphatic carbocycles. The number of aliphatic hydroxyl groups is 2. The molecule has 0 fully saturated rings. The molecule has 2 N–H and O–H groups in total. The monoisotopic (exact) mass is 305 g/mol. The van der Waals surface area contributed by atoms with Gasteiger partial charge in [-0.15, -0.1) is 0 Å². The SMILES string of the molecule is [N-]=[N+]=NCC(O)C(O)c1ccc(Cl)cc1Br. The Morgan fingerprint density at radius 2 is 2.19 bits per heavy atom. The minimum absolute atomic E-state index is 0.188. The molecule has 1 aromatic rings. The van der Waals surface area contributed by atoms with E-state index in [9.17, 15) is 10.2 Å². The molecule has 0 aliphatic rings. The minimum atomic E-state index is -1.15. The highest BCUT2D eigenvalue weighted by atomic mass is 79.9. The smallest absolute Gasteiger partial charge is 0.106 e. The number of aliphatic hydroxyl groups excluding tert-OH is 2. The maximum atomic E-state index is 9.78. The second-order valence-corrected chi connectivity index (χ2v) is 4.38. The van der Waals surface area contributed by atoms with Crippen molar-refractivity contribution in [1.29, 1.82) is 0 Å². The van der Waals surface area contributed by atoms with E-state index in [1.807, 2.05) is 0 Å². The van der Waals surface area contributed by atoms with Crippen LogP contribution in [0.15, 0.2) is 27.8 Å². The van der Waals surface area contributed by atoms with Crippen molar-refractivity contribution in [2.75, 3.05) is 6.54 Å². The van der Waals surface area contributed by atoms with E-state index >= 15 is 0 Å². The predicted molar refractivity (Wildman–Crippen MR) is 64.1 cm³/mol. The number of benzene rings is 1. The summed E-state index contributed by atoms with van der Waals surface area (Å²) in [4.78, 5) is 2.51. The Morgan fingerprint density at radius 3 is 2.75 bits per heavy atom. The van der Waals surface area contributed by atoms with E-state index in [2.05, 4.69) is 26.0 Å². The summed E-state index contributed by atoms with van der Waals surface area (Å²) in [6.45, 7) is -0.188. The van der Waals surface area contributed by atoms with Crippen molar-refractivity contribution in [2.45, 2.75) is 12.2 Å². The van der Waals surface area contributed by atoms with Crippen LogP contribution in [0.3, 0.4) is 0 Å². The van der Waals surface area contributed by atoms with Crippen molar-refractivity contribution >= 4 is 27.5 Å². The Morgan fingerprint density at radius 1 is 1.50 bits per heavy atom. The second-order valence-electron chi connectivity index (χ2n) is 3.09. The molecule has 0 spiro atoms. The highest BCUT2D eigenvalue weighted by molar-refractivity contribution is 9.10. The summed E-state index contributed by atoms with van der Waals surface area (Å²) in [6, 6.07) is 4.81.